The normalized spacial score (nSPS) is 11.4. The number of hydrogen-bond donors (Lipinski definition) is 1. The first kappa shape index (κ1) is 18.7. The summed E-state index contributed by atoms with van der Waals surface area (Å²) in [6.07, 6.45) is 0. The molecule has 6 nitrogen and oxygen atoms in total. The van der Waals surface area contributed by atoms with Crippen molar-refractivity contribution in [2.24, 2.45) is 5.10 Å². The highest BCUT2D eigenvalue weighted by molar-refractivity contribution is 6.31. The van der Waals surface area contributed by atoms with Gasteiger partial charge in [-0.25, -0.2) is 10.2 Å². The maximum Gasteiger partial charge on any atom is 0.336 e. The molecule has 1 aromatic heterocycles. The summed E-state index contributed by atoms with van der Waals surface area (Å²) in [5, 5.41) is 5.45. The van der Waals surface area contributed by atoms with Crippen LogP contribution in [0.4, 0.5) is 0 Å². The van der Waals surface area contributed by atoms with Crippen LogP contribution in [-0.2, 0) is 4.79 Å². The smallest absolute Gasteiger partial charge is 0.336 e. The van der Waals surface area contributed by atoms with Crippen LogP contribution in [0.3, 0.4) is 0 Å². The van der Waals surface area contributed by atoms with Gasteiger partial charge in [0.25, 0.3) is 5.91 Å². The molecule has 3 rings (SSSR count). The number of hydrogen-bond acceptors (Lipinski definition) is 5. The van der Waals surface area contributed by atoms with E-state index in [0.29, 0.717) is 22.1 Å². The number of amides is 1. The molecule has 1 amide bonds. The Morgan fingerprint density at radius 3 is 2.81 bits per heavy atom. The van der Waals surface area contributed by atoms with Gasteiger partial charge in [-0.2, -0.15) is 5.10 Å². The number of nitrogens with zero attached hydrogens (tertiary/aromatic N) is 1. The Morgan fingerprint density at radius 1 is 1.22 bits per heavy atom. The van der Waals surface area contributed by atoms with Crippen molar-refractivity contribution >= 4 is 34.2 Å². The van der Waals surface area contributed by atoms with Gasteiger partial charge in [0.15, 0.2) is 6.61 Å². The Balaban J connectivity index is 1.63. The van der Waals surface area contributed by atoms with E-state index in [4.69, 9.17) is 20.8 Å². The van der Waals surface area contributed by atoms with Crippen LogP contribution in [0.2, 0.25) is 5.02 Å². The quantitative estimate of drug-likeness (QED) is 0.413. The van der Waals surface area contributed by atoms with Crippen molar-refractivity contribution in [3.63, 3.8) is 0 Å². The van der Waals surface area contributed by atoms with Gasteiger partial charge in [-0.05, 0) is 49.2 Å². The summed E-state index contributed by atoms with van der Waals surface area (Å²) in [6, 6.07) is 13.7. The van der Waals surface area contributed by atoms with Crippen molar-refractivity contribution in [3.8, 4) is 5.75 Å². The minimum atomic E-state index is -0.430. The number of ether oxygens (including phenoxy) is 1. The molecule has 0 fully saturated rings. The van der Waals surface area contributed by atoms with E-state index in [1.165, 1.54) is 6.07 Å². The number of halogens is 1. The van der Waals surface area contributed by atoms with Crippen molar-refractivity contribution in [2.45, 2.75) is 13.8 Å². The molecule has 0 aliphatic carbocycles. The van der Waals surface area contributed by atoms with Gasteiger partial charge in [0.2, 0.25) is 0 Å². The zero-order valence-electron chi connectivity index (χ0n) is 14.8. The summed E-state index contributed by atoms with van der Waals surface area (Å²) < 4.78 is 10.6. The summed E-state index contributed by atoms with van der Waals surface area (Å²) in [5.41, 5.74) is 4.66. The molecule has 0 spiro atoms. The third-order valence-corrected chi connectivity index (χ3v) is 4.12. The fourth-order valence-corrected chi connectivity index (χ4v) is 2.69. The van der Waals surface area contributed by atoms with Gasteiger partial charge in [-0.15, -0.1) is 0 Å². The van der Waals surface area contributed by atoms with Crippen molar-refractivity contribution in [1.82, 2.24) is 5.43 Å². The molecule has 7 heteroatoms. The summed E-state index contributed by atoms with van der Waals surface area (Å²) in [4.78, 5) is 23.4. The summed E-state index contributed by atoms with van der Waals surface area (Å²) >= 11 is 5.94. The molecule has 1 heterocycles. The molecule has 3 aromatic rings. The maximum absolute atomic E-state index is 11.9. The van der Waals surface area contributed by atoms with Crippen LogP contribution < -0.4 is 15.8 Å². The second kappa shape index (κ2) is 8.05. The minimum absolute atomic E-state index is 0.228. The van der Waals surface area contributed by atoms with E-state index in [0.717, 1.165) is 16.5 Å². The number of carbonyl (C=O) groups is 1. The van der Waals surface area contributed by atoms with Gasteiger partial charge in [-0.3, -0.25) is 4.79 Å². The second-order valence-corrected chi connectivity index (χ2v) is 6.37. The topological polar surface area (TPSA) is 80.9 Å². The third kappa shape index (κ3) is 4.74. The molecule has 2 aromatic carbocycles. The highest BCUT2D eigenvalue weighted by Crippen LogP contribution is 2.22. The lowest BCUT2D eigenvalue weighted by Crippen LogP contribution is -2.25. The fraction of sp³-hybridized carbons (Fsp3) is 0.150. The average molecular weight is 385 g/mol. The molecular formula is C20H17ClN2O4. The highest BCUT2D eigenvalue weighted by atomic mass is 35.5. The van der Waals surface area contributed by atoms with Gasteiger partial charge in [0.1, 0.15) is 11.3 Å². The van der Waals surface area contributed by atoms with E-state index in [9.17, 15) is 9.59 Å². The third-order valence-electron chi connectivity index (χ3n) is 3.88. The number of carbonyl (C=O) groups excluding carboxylic acids is 1. The van der Waals surface area contributed by atoms with Gasteiger partial charge in [0, 0.05) is 22.5 Å². The zero-order chi connectivity index (χ0) is 19.4. The van der Waals surface area contributed by atoms with Crippen molar-refractivity contribution in [3.05, 3.63) is 75.1 Å². The Labute approximate surface area is 160 Å². The van der Waals surface area contributed by atoms with Gasteiger partial charge in [-0.1, -0.05) is 23.7 Å². The van der Waals surface area contributed by atoms with Crippen LogP contribution in [0.25, 0.3) is 11.0 Å². The molecule has 138 valence electrons. The minimum Gasteiger partial charge on any atom is -0.484 e. The van der Waals surface area contributed by atoms with Crippen LogP contribution in [0.5, 0.6) is 5.75 Å². The Bertz CT molecular complexity index is 1090. The summed E-state index contributed by atoms with van der Waals surface area (Å²) in [7, 11) is 0. The number of benzene rings is 2. The molecular weight excluding hydrogens is 368 g/mol. The van der Waals surface area contributed by atoms with Crippen LogP contribution in [0, 0.1) is 6.92 Å². The lowest BCUT2D eigenvalue weighted by Gasteiger charge is -2.07. The monoisotopic (exact) mass is 384 g/mol. The molecule has 0 aliphatic heterocycles. The molecule has 27 heavy (non-hydrogen) atoms. The lowest BCUT2D eigenvalue weighted by molar-refractivity contribution is -0.123. The summed E-state index contributed by atoms with van der Waals surface area (Å²) in [6.45, 7) is 3.36. The van der Waals surface area contributed by atoms with Crippen molar-refractivity contribution in [1.29, 1.82) is 0 Å². The molecule has 0 saturated carbocycles. The van der Waals surface area contributed by atoms with Crippen LogP contribution >= 0.6 is 11.6 Å². The van der Waals surface area contributed by atoms with Crippen LogP contribution in [0.1, 0.15) is 18.1 Å². The Hall–Kier alpha value is -3.12. The fourth-order valence-electron chi connectivity index (χ4n) is 2.50. The number of hydrazone groups is 1. The number of nitrogens with one attached hydrogen (secondary N) is 1. The van der Waals surface area contributed by atoms with E-state index in [1.54, 1.807) is 43.3 Å². The molecule has 0 saturated heterocycles. The van der Waals surface area contributed by atoms with Crippen LogP contribution in [0.15, 0.2) is 62.8 Å². The predicted octanol–water partition coefficient (Wildman–Crippen LogP) is 3.67. The van der Waals surface area contributed by atoms with E-state index < -0.39 is 11.5 Å². The SMILES string of the molecule is C/C(=N/NC(=O)COc1ccc2c(C)cc(=O)oc2c1)c1cccc(Cl)c1. The first-order chi connectivity index (χ1) is 12.9. The van der Waals surface area contributed by atoms with E-state index in [2.05, 4.69) is 10.5 Å². The van der Waals surface area contributed by atoms with E-state index in [-0.39, 0.29) is 6.61 Å². The molecule has 0 aliphatic rings. The van der Waals surface area contributed by atoms with E-state index >= 15 is 0 Å². The lowest BCUT2D eigenvalue weighted by atomic mass is 10.1. The standard InChI is InChI=1S/C20H17ClN2O4/c1-12-8-20(25)27-18-10-16(6-7-17(12)18)26-11-19(24)23-22-13(2)14-4-3-5-15(21)9-14/h3-10H,11H2,1-2H3,(H,23,24)/b22-13-. The molecule has 0 radical (unpaired) electrons. The largest absolute Gasteiger partial charge is 0.484 e. The molecule has 1 N–H and O–H groups in total. The van der Waals surface area contributed by atoms with Gasteiger partial charge < -0.3 is 9.15 Å². The molecule has 0 unspecified atom stereocenters. The first-order valence-corrected chi connectivity index (χ1v) is 8.56. The van der Waals surface area contributed by atoms with Crippen molar-refractivity contribution in [2.75, 3.05) is 6.61 Å². The van der Waals surface area contributed by atoms with E-state index in [1.807, 2.05) is 13.0 Å². The van der Waals surface area contributed by atoms with Gasteiger partial charge >= 0.3 is 5.63 Å². The van der Waals surface area contributed by atoms with Crippen molar-refractivity contribution < 1.29 is 13.9 Å². The summed E-state index contributed by atoms with van der Waals surface area (Å²) in [5.74, 6) is 0.00381. The number of aryl methyl sites for hydroxylation is 1. The molecule has 0 atom stereocenters. The first-order valence-electron chi connectivity index (χ1n) is 8.19. The maximum atomic E-state index is 11.9. The van der Waals surface area contributed by atoms with Crippen LogP contribution in [-0.4, -0.2) is 18.2 Å². The number of fused-ring (bicyclic) bond motifs is 1. The average Bonchev–Trinajstić information content (AvgIpc) is 2.64. The zero-order valence-corrected chi connectivity index (χ0v) is 15.5. The van der Waals surface area contributed by atoms with Gasteiger partial charge in [0.05, 0.1) is 5.71 Å². The Kier molecular flexibility index (Phi) is 5.57. The predicted molar refractivity (Wildman–Crippen MR) is 105 cm³/mol. The molecule has 0 bridgehead atoms. The Morgan fingerprint density at radius 2 is 2.04 bits per heavy atom. The second-order valence-electron chi connectivity index (χ2n) is 5.94. The highest BCUT2D eigenvalue weighted by Gasteiger charge is 2.07. The number of rotatable bonds is 5.